The number of benzene rings is 3. The van der Waals surface area contributed by atoms with Crippen LogP contribution in [-0.4, -0.2) is 31.7 Å². The molecule has 0 saturated carbocycles. The summed E-state index contributed by atoms with van der Waals surface area (Å²) in [7, 11) is 1.54. The van der Waals surface area contributed by atoms with E-state index in [2.05, 4.69) is 45.0 Å². The highest BCUT2D eigenvalue weighted by Crippen LogP contribution is 2.29. The lowest BCUT2D eigenvalue weighted by molar-refractivity contribution is -0.0913. The summed E-state index contributed by atoms with van der Waals surface area (Å²) in [6.07, 6.45) is -0.201. The zero-order valence-corrected chi connectivity index (χ0v) is 20.2. The summed E-state index contributed by atoms with van der Waals surface area (Å²) in [5.41, 5.74) is 4.70. The summed E-state index contributed by atoms with van der Waals surface area (Å²) in [5.74, 6) is 0.655. The fraction of sp³-hybridized carbons (Fsp3) is 0.379. The Kier molecular flexibility index (Phi) is 9.07. The number of rotatable bonds is 11. The van der Waals surface area contributed by atoms with Crippen molar-refractivity contribution in [1.82, 2.24) is 0 Å². The highest BCUT2D eigenvalue weighted by atomic mass is 16.6. The van der Waals surface area contributed by atoms with Crippen molar-refractivity contribution in [3.05, 3.63) is 101 Å². The van der Waals surface area contributed by atoms with Gasteiger partial charge in [0.05, 0.1) is 13.2 Å². The van der Waals surface area contributed by atoms with Crippen molar-refractivity contribution in [2.45, 2.75) is 51.4 Å². The molecule has 0 spiro atoms. The molecule has 0 saturated heterocycles. The summed E-state index contributed by atoms with van der Waals surface area (Å²) >= 11 is 0. The van der Waals surface area contributed by atoms with Crippen molar-refractivity contribution in [3.8, 4) is 5.75 Å². The second-order valence-electron chi connectivity index (χ2n) is 9.34. The number of aliphatic hydroxyl groups is 1. The molecule has 0 aliphatic rings. The van der Waals surface area contributed by atoms with E-state index in [1.54, 1.807) is 0 Å². The summed E-state index contributed by atoms with van der Waals surface area (Å²) in [5, 5.41) is 10.5. The molecule has 3 aromatic carbocycles. The molecule has 176 valence electrons. The van der Waals surface area contributed by atoms with E-state index in [1.165, 1.54) is 12.7 Å². The van der Waals surface area contributed by atoms with Gasteiger partial charge in [-0.15, -0.1) is 0 Å². The van der Waals surface area contributed by atoms with Gasteiger partial charge in [-0.05, 0) is 46.2 Å². The summed E-state index contributed by atoms with van der Waals surface area (Å²) in [6.45, 7) is 8.21. The van der Waals surface area contributed by atoms with E-state index in [1.807, 2.05) is 54.6 Å². The number of hydrogen-bond donors (Lipinski definition) is 1. The smallest absolute Gasteiger partial charge is 0.161 e. The largest absolute Gasteiger partial charge is 0.491 e. The minimum absolute atomic E-state index is 0.0936. The van der Waals surface area contributed by atoms with Crippen molar-refractivity contribution >= 4 is 0 Å². The van der Waals surface area contributed by atoms with E-state index in [0.29, 0.717) is 26.2 Å². The van der Waals surface area contributed by atoms with Gasteiger partial charge in [0, 0.05) is 13.0 Å². The Labute approximate surface area is 198 Å². The molecule has 4 nitrogen and oxygen atoms in total. The molecular formula is C29H36O4. The first-order valence-corrected chi connectivity index (χ1v) is 11.5. The van der Waals surface area contributed by atoms with Gasteiger partial charge in [0.1, 0.15) is 12.4 Å². The van der Waals surface area contributed by atoms with Crippen LogP contribution in [0.2, 0.25) is 0 Å². The molecule has 3 aromatic rings. The monoisotopic (exact) mass is 448 g/mol. The molecule has 2 unspecified atom stereocenters. The molecule has 0 amide bonds. The highest BCUT2D eigenvalue weighted by molar-refractivity contribution is 5.33. The molecule has 4 heteroatoms. The number of hydrogen-bond acceptors (Lipinski definition) is 4. The Bertz CT molecular complexity index is 944. The quantitative estimate of drug-likeness (QED) is 0.294. The van der Waals surface area contributed by atoms with Crippen LogP contribution in [0.1, 0.15) is 48.9 Å². The predicted octanol–water partition coefficient (Wildman–Crippen LogP) is 5.87. The Morgan fingerprint density at radius 2 is 1.45 bits per heavy atom. The Morgan fingerprint density at radius 1 is 0.788 bits per heavy atom. The van der Waals surface area contributed by atoms with Gasteiger partial charge in [-0.2, -0.15) is 0 Å². The molecule has 0 radical (unpaired) electrons. The van der Waals surface area contributed by atoms with Crippen LogP contribution >= 0.6 is 0 Å². The van der Waals surface area contributed by atoms with E-state index in [0.717, 1.165) is 22.4 Å². The third-order valence-electron chi connectivity index (χ3n) is 5.78. The Balaban J connectivity index is 1.53. The van der Waals surface area contributed by atoms with E-state index in [-0.39, 0.29) is 11.3 Å². The van der Waals surface area contributed by atoms with Gasteiger partial charge in [-0.25, -0.2) is 0 Å². The maximum atomic E-state index is 10.5. The van der Waals surface area contributed by atoms with Crippen LogP contribution in [0.15, 0.2) is 78.9 Å². The van der Waals surface area contributed by atoms with Gasteiger partial charge in [-0.3, -0.25) is 0 Å². The van der Waals surface area contributed by atoms with E-state index in [4.69, 9.17) is 14.2 Å². The van der Waals surface area contributed by atoms with Gasteiger partial charge < -0.3 is 19.3 Å². The minimum atomic E-state index is -0.872. The zero-order chi connectivity index (χ0) is 23.7. The average Bonchev–Trinajstić information content (AvgIpc) is 2.83. The third-order valence-corrected chi connectivity index (χ3v) is 5.78. The van der Waals surface area contributed by atoms with Crippen LogP contribution in [0.5, 0.6) is 5.75 Å². The molecule has 0 bridgehead atoms. The van der Waals surface area contributed by atoms with Crippen molar-refractivity contribution in [1.29, 1.82) is 0 Å². The van der Waals surface area contributed by atoms with Crippen LogP contribution in [0.4, 0.5) is 0 Å². The van der Waals surface area contributed by atoms with Gasteiger partial charge in [-0.1, -0.05) is 87.5 Å². The second-order valence-corrected chi connectivity index (χ2v) is 9.34. The van der Waals surface area contributed by atoms with Gasteiger partial charge in [0.25, 0.3) is 0 Å². The van der Waals surface area contributed by atoms with Crippen LogP contribution in [0.25, 0.3) is 0 Å². The third kappa shape index (κ3) is 7.71. The van der Waals surface area contributed by atoms with E-state index >= 15 is 0 Å². The SMILES string of the molecule is COC(O)C(Cc1ccc(OCCOCc2ccccc2)cc1)c1ccc(C(C)(C)C)cc1. The number of aliphatic hydroxyl groups excluding tert-OH is 1. The van der Waals surface area contributed by atoms with Crippen molar-refractivity contribution in [2.75, 3.05) is 20.3 Å². The van der Waals surface area contributed by atoms with Crippen LogP contribution in [0, 0.1) is 0 Å². The summed E-state index contributed by atoms with van der Waals surface area (Å²) in [4.78, 5) is 0. The molecule has 2 atom stereocenters. The molecule has 3 rings (SSSR count). The Morgan fingerprint density at radius 3 is 2.06 bits per heavy atom. The Hall–Kier alpha value is -2.66. The lowest BCUT2D eigenvalue weighted by atomic mass is 9.84. The van der Waals surface area contributed by atoms with E-state index < -0.39 is 6.29 Å². The molecule has 0 aliphatic carbocycles. The molecular weight excluding hydrogens is 412 g/mol. The first-order chi connectivity index (χ1) is 15.9. The first kappa shape index (κ1) is 25.0. The number of ether oxygens (including phenoxy) is 3. The summed E-state index contributed by atoms with van der Waals surface area (Å²) in [6, 6.07) is 26.6. The second kappa shape index (κ2) is 12.0. The maximum absolute atomic E-state index is 10.5. The van der Waals surface area contributed by atoms with Gasteiger partial charge in [0.2, 0.25) is 0 Å². The van der Waals surface area contributed by atoms with Gasteiger partial charge >= 0.3 is 0 Å². The van der Waals surface area contributed by atoms with Gasteiger partial charge in [0.15, 0.2) is 6.29 Å². The molecule has 33 heavy (non-hydrogen) atoms. The maximum Gasteiger partial charge on any atom is 0.161 e. The van der Waals surface area contributed by atoms with Crippen molar-refractivity contribution in [2.24, 2.45) is 0 Å². The summed E-state index contributed by atoms with van der Waals surface area (Å²) < 4.78 is 16.8. The fourth-order valence-corrected chi connectivity index (χ4v) is 3.74. The molecule has 1 N–H and O–H groups in total. The van der Waals surface area contributed by atoms with Crippen LogP contribution < -0.4 is 4.74 Å². The van der Waals surface area contributed by atoms with Crippen molar-refractivity contribution < 1.29 is 19.3 Å². The molecule has 0 aromatic heterocycles. The van der Waals surface area contributed by atoms with Crippen LogP contribution in [-0.2, 0) is 27.9 Å². The average molecular weight is 449 g/mol. The van der Waals surface area contributed by atoms with Crippen LogP contribution in [0.3, 0.4) is 0 Å². The standard InChI is InChI=1S/C29H36O4/c1-29(2,3)25-14-12-24(13-15-25)27(28(30)31-4)20-22-10-16-26(17-11-22)33-19-18-32-21-23-8-6-5-7-9-23/h5-17,27-28,30H,18-21H2,1-4H3. The predicted molar refractivity (Wildman–Crippen MR) is 133 cm³/mol. The normalized spacial score (nSPS) is 13.5. The number of methoxy groups -OCH3 is 1. The van der Waals surface area contributed by atoms with E-state index in [9.17, 15) is 5.11 Å². The lowest BCUT2D eigenvalue weighted by Crippen LogP contribution is -2.23. The fourth-order valence-electron chi connectivity index (χ4n) is 3.74. The zero-order valence-electron chi connectivity index (χ0n) is 20.2. The van der Waals surface area contributed by atoms with Crippen molar-refractivity contribution in [3.63, 3.8) is 0 Å². The lowest BCUT2D eigenvalue weighted by Gasteiger charge is -2.24. The topological polar surface area (TPSA) is 47.9 Å². The highest BCUT2D eigenvalue weighted by Gasteiger charge is 2.22. The molecule has 0 fully saturated rings. The molecule has 0 aliphatic heterocycles. The minimum Gasteiger partial charge on any atom is -0.491 e. The molecule has 0 heterocycles. The first-order valence-electron chi connectivity index (χ1n) is 11.5.